The number of rotatable bonds is 4. The maximum Gasteiger partial charge on any atom is 0.274 e. The number of likely N-dealkylation sites (tertiary alicyclic amines) is 1. The number of aromatic nitrogens is 2. The van der Waals surface area contributed by atoms with Crippen LogP contribution in [-0.2, 0) is 4.84 Å². The number of hydrogen-bond acceptors (Lipinski definition) is 4. The minimum atomic E-state index is -0.161. The van der Waals surface area contributed by atoms with Crippen LogP contribution in [0.1, 0.15) is 62.1 Å². The first-order valence-corrected chi connectivity index (χ1v) is 9.52. The van der Waals surface area contributed by atoms with Gasteiger partial charge in [-0.05, 0) is 50.5 Å². The highest BCUT2D eigenvalue weighted by atomic mass is 16.7. The number of amides is 1. The second-order valence-electron chi connectivity index (χ2n) is 9.01. The summed E-state index contributed by atoms with van der Waals surface area (Å²) in [5, 5.41) is 11.7. The van der Waals surface area contributed by atoms with Gasteiger partial charge in [0.2, 0.25) is 0 Å². The highest BCUT2D eigenvalue weighted by Crippen LogP contribution is 2.54. The molecule has 4 atom stereocenters. The molecule has 0 radical (unpaired) electrons. The van der Waals surface area contributed by atoms with Gasteiger partial charge in [0.1, 0.15) is 11.3 Å². The van der Waals surface area contributed by atoms with Crippen LogP contribution in [0.15, 0.2) is 11.2 Å². The molecule has 2 saturated carbocycles. The van der Waals surface area contributed by atoms with E-state index in [0.29, 0.717) is 29.4 Å². The lowest BCUT2D eigenvalue weighted by atomic mass is 9.98. The van der Waals surface area contributed by atoms with Gasteiger partial charge in [0, 0.05) is 37.0 Å². The lowest BCUT2D eigenvalue weighted by Gasteiger charge is -2.19. The first-order chi connectivity index (χ1) is 11.9. The summed E-state index contributed by atoms with van der Waals surface area (Å²) in [5.74, 6) is 2.96. The third kappa shape index (κ3) is 2.57. The minimum absolute atomic E-state index is 0.0707. The Hall–Kier alpha value is -1.85. The van der Waals surface area contributed by atoms with Gasteiger partial charge in [0.15, 0.2) is 0 Å². The molecule has 1 aromatic heterocycles. The Balaban J connectivity index is 1.20. The van der Waals surface area contributed by atoms with E-state index in [-0.39, 0.29) is 11.5 Å². The summed E-state index contributed by atoms with van der Waals surface area (Å²) in [4.78, 5) is 20.2. The molecule has 2 aliphatic heterocycles. The lowest BCUT2D eigenvalue weighted by molar-refractivity contribution is 0.0123. The first kappa shape index (κ1) is 15.4. The Morgan fingerprint density at radius 3 is 2.68 bits per heavy atom. The van der Waals surface area contributed by atoms with Gasteiger partial charge >= 0.3 is 0 Å². The van der Waals surface area contributed by atoms with E-state index in [4.69, 9.17) is 4.84 Å². The van der Waals surface area contributed by atoms with Crippen molar-refractivity contribution in [2.45, 2.75) is 51.6 Å². The van der Waals surface area contributed by atoms with Gasteiger partial charge < -0.3 is 9.74 Å². The van der Waals surface area contributed by atoms with Crippen LogP contribution in [0, 0.1) is 23.7 Å². The van der Waals surface area contributed by atoms with Crippen LogP contribution in [0.5, 0.6) is 0 Å². The third-order valence-electron chi connectivity index (χ3n) is 6.52. The van der Waals surface area contributed by atoms with Crippen LogP contribution < -0.4 is 0 Å². The molecule has 0 bridgehead atoms. The number of carbonyl (C=O) groups excluding carboxylic acids is 1. The number of piperidine rings is 1. The Kier molecular flexibility index (Phi) is 3.13. The number of nitrogens with one attached hydrogen (secondary N) is 1. The number of fused-ring (bicyclic) bond motifs is 1. The largest absolute Gasteiger partial charge is 0.389 e. The van der Waals surface area contributed by atoms with Gasteiger partial charge in [-0.25, -0.2) is 0 Å². The molecular weight excluding hydrogens is 316 g/mol. The summed E-state index contributed by atoms with van der Waals surface area (Å²) in [7, 11) is 0. The van der Waals surface area contributed by atoms with Crippen LogP contribution >= 0.6 is 0 Å². The van der Waals surface area contributed by atoms with Crippen molar-refractivity contribution in [3.63, 3.8) is 0 Å². The molecule has 3 heterocycles. The molecule has 1 aromatic rings. The Bertz CT molecular complexity index is 736. The van der Waals surface area contributed by atoms with E-state index in [2.05, 4.69) is 36.1 Å². The molecule has 4 aliphatic rings. The zero-order valence-corrected chi connectivity index (χ0v) is 15.2. The Labute approximate surface area is 148 Å². The first-order valence-electron chi connectivity index (χ1n) is 9.52. The second kappa shape index (κ2) is 5.08. The standard InChI is InChI=1S/C19H26N4O2/c1-10(11-4-5-11)14-6-15(21-20-14)18(24)23-8-12-13(9-23)17(12)16-7-19(2,3)25-22-16/h6,10-13,17H,4-5,7-9H2,1-3H3,(H,20,21)/t10?,12-,13+,17?. The summed E-state index contributed by atoms with van der Waals surface area (Å²) in [6.45, 7) is 8.04. The minimum Gasteiger partial charge on any atom is -0.389 e. The highest BCUT2D eigenvalue weighted by molar-refractivity contribution is 5.94. The molecule has 134 valence electrons. The number of nitrogens with zero attached hydrogens (tertiary/aromatic N) is 3. The fourth-order valence-electron chi connectivity index (χ4n) is 4.74. The van der Waals surface area contributed by atoms with Gasteiger partial charge in [0.05, 0.1) is 5.71 Å². The van der Waals surface area contributed by atoms with Gasteiger partial charge in [0.25, 0.3) is 5.91 Å². The second-order valence-corrected chi connectivity index (χ2v) is 9.01. The molecule has 1 amide bonds. The average Bonchev–Trinajstić information content (AvgIpc) is 3.36. The topological polar surface area (TPSA) is 70.6 Å². The number of H-pyrrole nitrogens is 1. The molecule has 25 heavy (non-hydrogen) atoms. The van der Waals surface area contributed by atoms with Crippen LogP contribution in [0.4, 0.5) is 0 Å². The fourth-order valence-corrected chi connectivity index (χ4v) is 4.74. The van der Waals surface area contributed by atoms with E-state index in [9.17, 15) is 4.79 Å². The van der Waals surface area contributed by atoms with Gasteiger partial charge in [-0.15, -0.1) is 0 Å². The van der Waals surface area contributed by atoms with E-state index >= 15 is 0 Å². The SMILES string of the molecule is CC(c1cc(C(=O)N2C[C@@H]3C(C4=NOC(C)(C)C4)[C@@H]3C2)n[nH]1)C1CC1. The molecule has 6 nitrogen and oxygen atoms in total. The van der Waals surface area contributed by atoms with E-state index in [1.165, 1.54) is 18.6 Å². The predicted molar refractivity (Wildman–Crippen MR) is 93.3 cm³/mol. The molecule has 2 unspecified atom stereocenters. The van der Waals surface area contributed by atoms with E-state index in [1.54, 1.807) is 0 Å². The summed E-state index contributed by atoms with van der Waals surface area (Å²) >= 11 is 0. The van der Waals surface area contributed by atoms with Crippen molar-refractivity contribution in [2.75, 3.05) is 13.1 Å². The van der Waals surface area contributed by atoms with Crippen molar-refractivity contribution in [3.8, 4) is 0 Å². The van der Waals surface area contributed by atoms with Gasteiger partial charge in [-0.2, -0.15) is 5.10 Å². The molecular formula is C19H26N4O2. The molecule has 6 heteroatoms. The van der Waals surface area contributed by atoms with Crippen molar-refractivity contribution in [3.05, 3.63) is 17.5 Å². The Morgan fingerprint density at radius 1 is 1.36 bits per heavy atom. The highest BCUT2D eigenvalue weighted by Gasteiger charge is 2.60. The summed E-state index contributed by atoms with van der Waals surface area (Å²) in [6, 6.07) is 1.96. The predicted octanol–water partition coefficient (Wildman–Crippen LogP) is 2.80. The molecule has 1 N–H and O–H groups in total. The monoisotopic (exact) mass is 342 g/mol. The average molecular weight is 342 g/mol. The van der Waals surface area contributed by atoms with E-state index in [0.717, 1.165) is 31.1 Å². The Morgan fingerprint density at radius 2 is 2.08 bits per heavy atom. The normalized spacial score (nSPS) is 33.6. The van der Waals surface area contributed by atoms with Crippen molar-refractivity contribution in [1.29, 1.82) is 0 Å². The van der Waals surface area contributed by atoms with Crippen molar-refractivity contribution < 1.29 is 9.63 Å². The summed E-state index contributed by atoms with van der Waals surface area (Å²) in [6.07, 6.45) is 3.51. The van der Waals surface area contributed by atoms with E-state index in [1.807, 2.05) is 11.0 Å². The molecule has 2 aliphatic carbocycles. The van der Waals surface area contributed by atoms with Crippen molar-refractivity contribution >= 4 is 11.6 Å². The fraction of sp³-hybridized carbons (Fsp3) is 0.737. The number of aromatic amines is 1. The number of hydrogen-bond donors (Lipinski definition) is 1. The van der Waals surface area contributed by atoms with Crippen LogP contribution in [-0.4, -0.2) is 45.4 Å². The van der Waals surface area contributed by atoms with Crippen LogP contribution in [0.3, 0.4) is 0 Å². The number of oxime groups is 1. The third-order valence-corrected chi connectivity index (χ3v) is 6.52. The van der Waals surface area contributed by atoms with Gasteiger partial charge in [-0.1, -0.05) is 12.1 Å². The van der Waals surface area contributed by atoms with Gasteiger partial charge in [-0.3, -0.25) is 9.89 Å². The maximum absolute atomic E-state index is 12.8. The molecule has 5 rings (SSSR count). The smallest absolute Gasteiger partial charge is 0.274 e. The molecule has 3 fully saturated rings. The summed E-state index contributed by atoms with van der Waals surface area (Å²) < 4.78 is 0. The van der Waals surface area contributed by atoms with Crippen molar-refractivity contribution in [2.24, 2.45) is 28.8 Å². The molecule has 0 aromatic carbocycles. The van der Waals surface area contributed by atoms with E-state index < -0.39 is 0 Å². The van der Waals surface area contributed by atoms with Crippen molar-refractivity contribution in [1.82, 2.24) is 15.1 Å². The van der Waals surface area contributed by atoms with Crippen LogP contribution in [0.25, 0.3) is 0 Å². The van der Waals surface area contributed by atoms with Crippen LogP contribution in [0.2, 0.25) is 0 Å². The maximum atomic E-state index is 12.8. The number of carbonyl (C=O) groups is 1. The molecule has 1 saturated heterocycles. The molecule has 0 spiro atoms. The zero-order valence-electron chi connectivity index (χ0n) is 15.2. The zero-order chi connectivity index (χ0) is 17.3. The quantitative estimate of drug-likeness (QED) is 0.914. The summed E-state index contributed by atoms with van der Waals surface area (Å²) in [5.41, 5.74) is 2.72. The lowest BCUT2D eigenvalue weighted by Crippen LogP contribution is -2.33.